The molecule has 0 N–H and O–H groups in total. The lowest BCUT2D eigenvalue weighted by atomic mass is 10.0. The molecule has 1 aliphatic heterocycles. The van der Waals surface area contributed by atoms with Crippen molar-refractivity contribution in [3.8, 4) is 0 Å². The van der Waals surface area contributed by atoms with Gasteiger partial charge < -0.3 is 9.15 Å². The monoisotopic (exact) mass is 357 g/mol. The van der Waals surface area contributed by atoms with Crippen molar-refractivity contribution in [2.24, 2.45) is 5.92 Å². The van der Waals surface area contributed by atoms with Gasteiger partial charge in [0.25, 0.3) is 17.7 Å². The number of carbonyl (C=O) groups is 3. The third-order valence-corrected chi connectivity index (χ3v) is 4.01. The second-order valence-corrected chi connectivity index (χ2v) is 6.49. The summed E-state index contributed by atoms with van der Waals surface area (Å²) >= 11 is 0. The number of nitrogens with zero attached hydrogens (tertiary/aromatic N) is 3. The molecular formula is C18H19N3O5. The number of carbonyl (C=O) groups excluding carboxylic acids is 3. The van der Waals surface area contributed by atoms with Gasteiger partial charge in [-0.05, 0) is 24.5 Å². The average molecular weight is 357 g/mol. The zero-order chi connectivity index (χ0) is 18.8. The van der Waals surface area contributed by atoms with Gasteiger partial charge in [0.05, 0.1) is 11.1 Å². The van der Waals surface area contributed by atoms with E-state index in [1.54, 1.807) is 31.2 Å². The number of esters is 1. The summed E-state index contributed by atoms with van der Waals surface area (Å²) in [5.41, 5.74) is 0.596. The van der Waals surface area contributed by atoms with Crippen molar-refractivity contribution in [1.82, 2.24) is 15.1 Å². The van der Waals surface area contributed by atoms with Gasteiger partial charge >= 0.3 is 5.97 Å². The Morgan fingerprint density at radius 2 is 1.77 bits per heavy atom. The number of rotatable bonds is 6. The van der Waals surface area contributed by atoms with Crippen molar-refractivity contribution >= 4 is 17.8 Å². The van der Waals surface area contributed by atoms with Crippen molar-refractivity contribution in [3.05, 3.63) is 47.2 Å². The quantitative estimate of drug-likeness (QED) is 0.576. The molecule has 0 saturated heterocycles. The molecule has 0 fully saturated rings. The van der Waals surface area contributed by atoms with Crippen LogP contribution < -0.4 is 0 Å². The minimum atomic E-state index is -1.01. The SMILES string of the molecule is Cc1nnc(COC(=O)[C@@H](CC(C)C)N2C(=O)c3ccccc3C2=O)o1. The maximum Gasteiger partial charge on any atom is 0.329 e. The van der Waals surface area contributed by atoms with Crippen LogP contribution in [0.3, 0.4) is 0 Å². The van der Waals surface area contributed by atoms with Gasteiger partial charge in [-0.25, -0.2) is 4.79 Å². The van der Waals surface area contributed by atoms with Crippen LogP contribution in [0.15, 0.2) is 28.7 Å². The van der Waals surface area contributed by atoms with Crippen LogP contribution >= 0.6 is 0 Å². The molecule has 0 aliphatic carbocycles. The molecule has 0 saturated carbocycles. The van der Waals surface area contributed by atoms with Gasteiger partial charge in [0.15, 0.2) is 6.61 Å². The van der Waals surface area contributed by atoms with Gasteiger partial charge in [0.2, 0.25) is 5.89 Å². The third-order valence-electron chi connectivity index (χ3n) is 4.01. The highest BCUT2D eigenvalue weighted by Gasteiger charge is 2.43. The lowest BCUT2D eigenvalue weighted by Crippen LogP contribution is -2.46. The summed E-state index contributed by atoms with van der Waals surface area (Å²) in [6, 6.07) is 5.51. The van der Waals surface area contributed by atoms with E-state index in [0.29, 0.717) is 23.4 Å². The van der Waals surface area contributed by atoms with Crippen LogP contribution in [0.4, 0.5) is 0 Å². The maximum absolute atomic E-state index is 12.7. The molecule has 0 unspecified atom stereocenters. The summed E-state index contributed by atoms with van der Waals surface area (Å²) in [5.74, 6) is -1.06. The number of fused-ring (bicyclic) bond motifs is 1. The molecular weight excluding hydrogens is 338 g/mol. The Morgan fingerprint density at radius 3 is 2.27 bits per heavy atom. The molecule has 2 heterocycles. The van der Waals surface area contributed by atoms with Gasteiger partial charge in [0, 0.05) is 6.92 Å². The number of ether oxygens (including phenoxy) is 1. The fourth-order valence-corrected chi connectivity index (χ4v) is 2.87. The topological polar surface area (TPSA) is 103 Å². The molecule has 1 aromatic heterocycles. The first-order valence-electron chi connectivity index (χ1n) is 8.31. The van der Waals surface area contributed by atoms with E-state index >= 15 is 0 Å². The summed E-state index contributed by atoms with van der Waals surface area (Å²) in [6.07, 6.45) is 0.299. The minimum absolute atomic E-state index is 0.0718. The predicted octanol–water partition coefficient (Wildman–Crippen LogP) is 2.13. The molecule has 2 amide bonds. The highest BCUT2D eigenvalue weighted by Crippen LogP contribution is 2.27. The molecule has 1 atom stereocenters. The first-order chi connectivity index (χ1) is 12.4. The van der Waals surface area contributed by atoms with Gasteiger partial charge in [-0.15, -0.1) is 10.2 Å². The number of aryl methyl sites for hydroxylation is 1. The number of imide groups is 1. The van der Waals surface area contributed by atoms with Crippen LogP contribution in [-0.2, 0) is 16.1 Å². The Balaban J connectivity index is 1.81. The highest BCUT2D eigenvalue weighted by atomic mass is 16.5. The number of hydrogen-bond donors (Lipinski definition) is 0. The Bertz CT molecular complexity index is 823. The Labute approximate surface area is 150 Å². The predicted molar refractivity (Wildman–Crippen MR) is 89.0 cm³/mol. The van der Waals surface area contributed by atoms with E-state index < -0.39 is 23.8 Å². The first-order valence-corrected chi connectivity index (χ1v) is 8.31. The lowest BCUT2D eigenvalue weighted by molar-refractivity contribution is -0.151. The Morgan fingerprint density at radius 1 is 1.15 bits per heavy atom. The lowest BCUT2D eigenvalue weighted by Gasteiger charge is -2.25. The zero-order valence-electron chi connectivity index (χ0n) is 14.8. The van der Waals surface area contributed by atoms with Gasteiger partial charge in [-0.2, -0.15) is 0 Å². The van der Waals surface area contributed by atoms with Crippen molar-refractivity contribution in [2.45, 2.75) is 39.8 Å². The first kappa shape index (κ1) is 17.8. The van der Waals surface area contributed by atoms with E-state index in [1.807, 2.05) is 13.8 Å². The van der Waals surface area contributed by atoms with Gasteiger partial charge in [-0.3, -0.25) is 14.5 Å². The normalized spacial score (nSPS) is 14.7. The van der Waals surface area contributed by atoms with Crippen LogP contribution in [0.25, 0.3) is 0 Å². The number of hydrogen-bond acceptors (Lipinski definition) is 7. The minimum Gasteiger partial charge on any atom is -0.454 e. The van der Waals surface area contributed by atoms with E-state index in [0.717, 1.165) is 4.90 Å². The van der Waals surface area contributed by atoms with Crippen LogP contribution in [0, 0.1) is 12.8 Å². The molecule has 0 bridgehead atoms. The fraction of sp³-hybridized carbons (Fsp3) is 0.389. The van der Waals surface area contributed by atoms with Crippen LogP contribution in [0.2, 0.25) is 0 Å². The molecule has 26 heavy (non-hydrogen) atoms. The molecule has 2 aromatic rings. The van der Waals surface area contributed by atoms with E-state index in [4.69, 9.17) is 9.15 Å². The highest BCUT2D eigenvalue weighted by molar-refractivity contribution is 6.22. The Kier molecular flexibility index (Phi) is 4.83. The molecule has 1 aromatic carbocycles. The number of aromatic nitrogens is 2. The van der Waals surface area contributed by atoms with E-state index in [1.165, 1.54) is 0 Å². The molecule has 0 radical (unpaired) electrons. The molecule has 1 aliphatic rings. The second kappa shape index (κ2) is 7.07. The molecule has 0 spiro atoms. The largest absolute Gasteiger partial charge is 0.454 e. The number of benzene rings is 1. The number of amides is 2. The van der Waals surface area contributed by atoms with E-state index in [-0.39, 0.29) is 18.4 Å². The molecule has 136 valence electrons. The van der Waals surface area contributed by atoms with Crippen molar-refractivity contribution in [1.29, 1.82) is 0 Å². The molecule has 8 nitrogen and oxygen atoms in total. The van der Waals surface area contributed by atoms with Crippen molar-refractivity contribution in [2.75, 3.05) is 0 Å². The summed E-state index contributed by atoms with van der Waals surface area (Å²) in [5, 5.41) is 7.42. The molecule has 8 heteroatoms. The van der Waals surface area contributed by atoms with E-state index in [9.17, 15) is 14.4 Å². The van der Waals surface area contributed by atoms with Crippen LogP contribution in [0.1, 0.15) is 52.8 Å². The summed E-state index contributed by atoms with van der Waals surface area (Å²) in [6.45, 7) is 5.22. The molecule has 3 rings (SSSR count). The van der Waals surface area contributed by atoms with Crippen LogP contribution in [0.5, 0.6) is 0 Å². The second-order valence-electron chi connectivity index (χ2n) is 6.49. The third kappa shape index (κ3) is 3.35. The Hall–Kier alpha value is -3.03. The van der Waals surface area contributed by atoms with Gasteiger partial charge in [0.1, 0.15) is 6.04 Å². The zero-order valence-corrected chi connectivity index (χ0v) is 14.8. The summed E-state index contributed by atoms with van der Waals surface area (Å²) in [4.78, 5) is 39.0. The van der Waals surface area contributed by atoms with Crippen molar-refractivity contribution < 1.29 is 23.5 Å². The summed E-state index contributed by atoms with van der Waals surface area (Å²) in [7, 11) is 0. The van der Waals surface area contributed by atoms with E-state index in [2.05, 4.69) is 10.2 Å². The summed E-state index contributed by atoms with van der Waals surface area (Å²) < 4.78 is 10.4. The average Bonchev–Trinajstić information content (AvgIpc) is 3.13. The van der Waals surface area contributed by atoms with Crippen LogP contribution in [-0.4, -0.2) is 38.9 Å². The maximum atomic E-state index is 12.7. The smallest absolute Gasteiger partial charge is 0.329 e. The van der Waals surface area contributed by atoms with Crippen molar-refractivity contribution in [3.63, 3.8) is 0 Å². The fourth-order valence-electron chi connectivity index (χ4n) is 2.87. The van der Waals surface area contributed by atoms with Gasteiger partial charge in [-0.1, -0.05) is 26.0 Å². The standard InChI is InChI=1S/C18H19N3O5/c1-10(2)8-14(18(24)25-9-15-20-19-11(3)26-15)21-16(22)12-6-4-5-7-13(12)17(21)23/h4-7,10,14H,8-9H2,1-3H3/t14-/m1/s1.